The van der Waals surface area contributed by atoms with Gasteiger partial charge in [-0.25, -0.2) is 0 Å². The SMILES string of the molecule is CC(C)C1CN(CCC(F)(F)F)C(C)CCN1. The summed E-state index contributed by atoms with van der Waals surface area (Å²) >= 11 is 0. The van der Waals surface area contributed by atoms with Gasteiger partial charge in [0.05, 0.1) is 6.42 Å². The molecule has 0 spiro atoms. The highest BCUT2D eigenvalue weighted by Gasteiger charge is 2.31. The smallest absolute Gasteiger partial charge is 0.312 e. The number of halogens is 3. The van der Waals surface area contributed by atoms with Crippen LogP contribution in [0.15, 0.2) is 0 Å². The van der Waals surface area contributed by atoms with Crippen LogP contribution >= 0.6 is 0 Å². The van der Waals surface area contributed by atoms with Gasteiger partial charge in [0.15, 0.2) is 0 Å². The summed E-state index contributed by atoms with van der Waals surface area (Å²) in [7, 11) is 0. The molecule has 0 aliphatic carbocycles. The van der Waals surface area contributed by atoms with Gasteiger partial charge in [-0.2, -0.15) is 13.2 Å². The number of rotatable bonds is 3. The second-order valence-corrected chi connectivity index (χ2v) is 5.30. The Labute approximate surface area is 102 Å². The summed E-state index contributed by atoms with van der Waals surface area (Å²) in [6.45, 7) is 7.96. The molecule has 2 nitrogen and oxygen atoms in total. The van der Waals surface area contributed by atoms with E-state index in [-0.39, 0.29) is 12.6 Å². The minimum atomic E-state index is -4.05. The van der Waals surface area contributed by atoms with Crippen molar-refractivity contribution in [2.45, 2.75) is 51.9 Å². The molecule has 2 unspecified atom stereocenters. The maximum absolute atomic E-state index is 12.3. The van der Waals surface area contributed by atoms with Crippen molar-refractivity contribution in [2.24, 2.45) is 5.92 Å². The largest absolute Gasteiger partial charge is 0.390 e. The molecule has 0 amide bonds. The van der Waals surface area contributed by atoms with Crippen LogP contribution < -0.4 is 5.32 Å². The zero-order valence-corrected chi connectivity index (χ0v) is 10.8. The molecule has 17 heavy (non-hydrogen) atoms. The maximum atomic E-state index is 12.3. The van der Waals surface area contributed by atoms with Gasteiger partial charge >= 0.3 is 6.18 Å². The Morgan fingerprint density at radius 3 is 2.53 bits per heavy atom. The molecule has 1 fully saturated rings. The summed E-state index contributed by atoms with van der Waals surface area (Å²) in [5, 5.41) is 3.42. The molecule has 1 N–H and O–H groups in total. The summed E-state index contributed by atoms with van der Waals surface area (Å²) in [4.78, 5) is 1.97. The second-order valence-electron chi connectivity index (χ2n) is 5.30. The second kappa shape index (κ2) is 6.05. The molecule has 1 aliphatic rings. The van der Waals surface area contributed by atoms with E-state index < -0.39 is 12.6 Å². The molecule has 0 saturated carbocycles. The molecule has 5 heteroatoms. The van der Waals surface area contributed by atoms with E-state index >= 15 is 0 Å². The maximum Gasteiger partial charge on any atom is 0.390 e. The van der Waals surface area contributed by atoms with Gasteiger partial charge in [-0.3, -0.25) is 4.90 Å². The molecular weight excluding hydrogens is 229 g/mol. The lowest BCUT2D eigenvalue weighted by atomic mass is 10.0. The molecule has 0 aromatic heterocycles. The third-order valence-electron chi connectivity index (χ3n) is 3.51. The fraction of sp³-hybridized carbons (Fsp3) is 1.00. The van der Waals surface area contributed by atoms with E-state index in [1.807, 2.05) is 11.8 Å². The highest BCUT2D eigenvalue weighted by molar-refractivity contribution is 4.83. The average Bonchev–Trinajstić information content (AvgIpc) is 2.36. The van der Waals surface area contributed by atoms with Gasteiger partial charge in [0.1, 0.15) is 0 Å². The first-order chi connectivity index (χ1) is 7.79. The van der Waals surface area contributed by atoms with Crippen molar-refractivity contribution in [1.29, 1.82) is 0 Å². The van der Waals surface area contributed by atoms with Crippen LogP contribution in [0.2, 0.25) is 0 Å². The van der Waals surface area contributed by atoms with Crippen molar-refractivity contribution in [3.63, 3.8) is 0 Å². The molecule has 0 aromatic carbocycles. The topological polar surface area (TPSA) is 15.3 Å². The van der Waals surface area contributed by atoms with Gasteiger partial charge in [-0.15, -0.1) is 0 Å². The zero-order valence-electron chi connectivity index (χ0n) is 10.8. The molecule has 1 heterocycles. The van der Waals surface area contributed by atoms with Crippen LogP contribution in [-0.2, 0) is 0 Å². The lowest BCUT2D eigenvalue weighted by molar-refractivity contribution is -0.139. The van der Waals surface area contributed by atoms with E-state index in [0.29, 0.717) is 12.0 Å². The van der Waals surface area contributed by atoms with Crippen molar-refractivity contribution in [3.05, 3.63) is 0 Å². The number of alkyl halides is 3. The van der Waals surface area contributed by atoms with Crippen molar-refractivity contribution in [2.75, 3.05) is 19.6 Å². The van der Waals surface area contributed by atoms with Gasteiger partial charge < -0.3 is 5.32 Å². The Balaban J connectivity index is 2.53. The van der Waals surface area contributed by atoms with Crippen molar-refractivity contribution < 1.29 is 13.2 Å². The molecule has 1 saturated heterocycles. The monoisotopic (exact) mass is 252 g/mol. The van der Waals surface area contributed by atoms with Crippen molar-refractivity contribution >= 4 is 0 Å². The van der Waals surface area contributed by atoms with Gasteiger partial charge in [0, 0.05) is 25.2 Å². The number of nitrogens with zero attached hydrogens (tertiary/aromatic N) is 1. The molecular formula is C12H23F3N2. The predicted molar refractivity (Wildman–Crippen MR) is 63.0 cm³/mol. The Morgan fingerprint density at radius 2 is 2.00 bits per heavy atom. The van der Waals surface area contributed by atoms with Crippen molar-refractivity contribution in [1.82, 2.24) is 10.2 Å². The zero-order chi connectivity index (χ0) is 13.1. The molecule has 2 atom stereocenters. The first kappa shape index (κ1) is 14.8. The van der Waals surface area contributed by atoms with Gasteiger partial charge in [0.2, 0.25) is 0 Å². The molecule has 0 bridgehead atoms. The molecule has 0 aromatic rings. The quantitative estimate of drug-likeness (QED) is 0.830. The van der Waals surface area contributed by atoms with Gasteiger partial charge in [-0.1, -0.05) is 13.8 Å². The minimum absolute atomic E-state index is 0.121. The van der Waals surface area contributed by atoms with Crippen LogP contribution in [0, 0.1) is 5.92 Å². The summed E-state index contributed by atoms with van der Waals surface area (Å²) in [6, 6.07) is 0.529. The fourth-order valence-electron chi connectivity index (χ4n) is 2.19. The van der Waals surface area contributed by atoms with E-state index in [1.165, 1.54) is 0 Å². The Kier molecular flexibility index (Phi) is 5.25. The Hall–Kier alpha value is -0.290. The summed E-state index contributed by atoms with van der Waals surface area (Å²) in [5.41, 5.74) is 0. The van der Waals surface area contributed by atoms with Crippen LogP contribution in [0.4, 0.5) is 13.2 Å². The normalized spacial score (nSPS) is 28.4. The van der Waals surface area contributed by atoms with Crippen LogP contribution in [-0.4, -0.2) is 42.8 Å². The average molecular weight is 252 g/mol. The molecule has 0 radical (unpaired) electrons. The number of hydrogen-bond acceptors (Lipinski definition) is 2. The molecule has 1 rings (SSSR count). The third-order valence-corrected chi connectivity index (χ3v) is 3.51. The lowest BCUT2D eigenvalue weighted by Crippen LogP contribution is -2.43. The summed E-state index contributed by atoms with van der Waals surface area (Å²) < 4.78 is 36.8. The molecule has 1 aliphatic heterocycles. The van der Waals surface area contributed by atoms with Crippen LogP contribution in [0.5, 0.6) is 0 Å². The highest BCUT2D eigenvalue weighted by atomic mass is 19.4. The number of hydrogen-bond donors (Lipinski definition) is 1. The van der Waals surface area contributed by atoms with E-state index in [0.717, 1.165) is 19.5 Å². The Bertz CT molecular complexity index is 228. The highest BCUT2D eigenvalue weighted by Crippen LogP contribution is 2.22. The molecule has 102 valence electrons. The first-order valence-corrected chi connectivity index (χ1v) is 6.34. The van der Waals surface area contributed by atoms with Crippen LogP contribution in [0.1, 0.15) is 33.6 Å². The Morgan fingerprint density at radius 1 is 1.35 bits per heavy atom. The number of nitrogens with one attached hydrogen (secondary N) is 1. The van der Waals surface area contributed by atoms with Crippen molar-refractivity contribution in [3.8, 4) is 0 Å². The van der Waals surface area contributed by atoms with E-state index in [4.69, 9.17) is 0 Å². The van der Waals surface area contributed by atoms with Crippen LogP contribution in [0.25, 0.3) is 0 Å². The minimum Gasteiger partial charge on any atom is -0.312 e. The van der Waals surface area contributed by atoms with Gasteiger partial charge in [-0.05, 0) is 25.8 Å². The lowest BCUT2D eigenvalue weighted by Gasteiger charge is -2.30. The standard InChI is InChI=1S/C12H23F3N2/c1-9(2)11-8-17(7-5-12(13,14)15)10(3)4-6-16-11/h9-11,16H,4-8H2,1-3H3. The van der Waals surface area contributed by atoms with E-state index in [1.54, 1.807) is 0 Å². The fourth-order valence-corrected chi connectivity index (χ4v) is 2.19. The van der Waals surface area contributed by atoms with Gasteiger partial charge in [0.25, 0.3) is 0 Å². The first-order valence-electron chi connectivity index (χ1n) is 6.34. The van der Waals surface area contributed by atoms with Crippen LogP contribution in [0.3, 0.4) is 0 Å². The predicted octanol–water partition coefficient (Wildman–Crippen LogP) is 2.65. The van der Waals surface area contributed by atoms with E-state index in [9.17, 15) is 13.2 Å². The van der Waals surface area contributed by atoms with E-state index in [2.05, 4.69) is 19.2 Å². The summed E-state index contributed by atoms with van der Waals surface area (Å²) in [5.74, 6) is 0.452. The third kappa shape index (κ3) is 5.25. The summed E-state index contributed by atoms with van der Waals surface area (Å²) in [6.07, 6.45) is -3.84.